The number of hydrogen-bond donors (Lipinski definition) is 2. The van der Waals surface area contributed by atoms with E-state index in [1.54, 1.807) is 0 Å². The van der Waals surface area contributed by atoms with Crippen LogP contribution in [0.1, 0.15) is 36.3 Å². The van der Waals surface area contributed by atoms with E-state index in [2.05, 4.69) is 15.5 Å². The molecular formula is C15H17N3O3S. The second kappa shape index (κ2) is 7.65. The van der Waals surface area contributed by atoms with Gasteiger partial charge < -0.3 is 10.4 Å². The molecule has 2 N–H and O–H groups in total. The third-order valence-electron chi connectivity index (χ3n) is 3.14. The zero-order valence-electron chi connectivity index (χ0n) is 12.2. The molecule has 1 heterocycles. The molecule has 0 saturated heterocycles. The lowest BCUT2D eigenvalue weighted by Crippen LogP contribution is -2.17. The second-order valence-electron chi connectivity index (χ2n) is 4.81. The average Bonchev–Trinajstić information content (AvgIpc) is 2.94. The molecule has 0 bridgehead atoms. The van der Waals surface area contributed by atoms with Gasteiger partial charge in [-0.15, -0.1) is 10.2 Å². The molecule has 0 spiro atoms. The number of amides is 1. The number of carbonyl (C=O) groups is 2. The number of nitrogens with zero attached hydrogens (tertiary/aromatic N) is 2. The Morgan fingerprint density at radius 1 is 1.23 bits per heavy atom. The standard InChI is InChI=1S/C15H17N3O3S/c1-2-13-17-18-15(22-13)16-12(19)8-11(9-14(20)21)10-6-4-3-5-7-10/h3-7,11H,2,8-9H2,1H3,(H,20,21)(H,16,18,19). The molecule has 2 rings (SSSR count). The molecule has 1 atom stereocenters. The smallest absolute Gasteiger partial charge is 0.303 e. The van der Waals surface area contributed by atoms with Crippen molar-refractivity contribution >= 4 is 28.3 Å². The van der Waals surface area contributed by atoms with Crippen molar-refractivity contribution in [2.75, 3.05) is 5.32 Å². The molecule has 1 aromatic heterocycles. The van der Waals surface area contributed by atoms with E-state index in [1.807, 2.05) is 37.3 Å². The zero-order valence-corrected chi connectivity index (χ0v) is 13.0. The minimum absolute atomic E-state index is 0.0895. The predicted molar refractivity (Wildman–Crippen MR) is 84.0 cm³/mol. The van der Waals surface area contributed by atoms with Gasteiger partial charge in [-0.25, -0.2) is 0 Å². The van der Waals surface area contributed by atoms with E-state index in [0.717, 1.165) is 17.0 Å². The largest absolute Gasteiger partial charge is 0.481 e. The Balaban J connectivity index is 2.03. The van der Waals surface area contributed by atoms with Crippen LogP contribution in [0.2, 0.25) is 0 Å². The van der Waals surface area contributed by atoms with Gasteiger partial charge in [-0.3, -0.25) is 9.59 Å². The average molecular weight is 319 g/mol. The van der Waals surface area contributed by atoms with Crippen molar-refractivity contribution in [2.45, 2.75) is 32.1 Å². The van der Waals surface area contributed by atoms with Crippen LogP contribution in [0.4, 0.5) is 5.13 Å². The van der Waals surface area contributed by atoms with Crippen molar-refractivity contribution in [3.8, 4) is 0 Å². The minimum atomic E-state index is -0.925. The molecule has 0 radical (unpaired) electrons. The number of carbonyl (C=O) groups excluding carboxylic acids is 1. The summed E-state index contributed by atoms with van der Waals surface area (Å²) in [6, 6.07) is 9.19. The van der Waals surface area contributed by atoms with Crippen LogP contribution in [0.25, 0.3) is 0 Å². The SMILES string of the molecule is CCc1nnc(NC(=O)CC(CC(=O)O)c2ccccc2)s1. The molecule has 7 heteroatoms. The Labute approximate surface area is 132 Å². The van der Waals surface area contributed by atoms with Gasteiger partial charge in [0.2, 0.25) is 11.0 Å². The van der Waals surface area contributed by atoms with E-state index in [1.165, 1.54) is 11.3 Å². The quantitative estimate of drug-likeness (QED) is 0.818. The molecule has 116 valence electrons. The number of aliphatic carboxylic acids is 1. The van der Waals surface area contributed by atoms with E-state index in [-0.39, 0.29) is 24.7 Å². The van der Waals surface area contributed by atoms with Crippen molar-refractivity contribution in [2.24, 2.45) is 0 Å². The van der Waals surface area contributed by atoms with Crippen molar-refractivity contribution in [1.82, 2.24) is 10.2 Å². The predicted octanol–water partition coefficient (Wildman–Crippen LogP) is 2.69. The molecular weight excluding hydrogens is 302 g/mol. The Hall–Kier alpha value is -2.28. The molecule has 6 nitrogen and oxygen atoms in total. The van der Waals surface area contributed by atoms with Crippen LogP contribution in [0, 0.1) is 0 Å². The van der Waals surface area contributed by atoms with Crippen LogP contribution >= 0.6 is 11.3 Å². The van der Waals surface area contributed by atoms with Crippen LogP contribution in [-0.2, 0) is 16.0 Å². The van der Waals surface area contributed by atoms with Crippen LogP contribution in [0.15, 0.2) is 30.3 Å². The maximum absolute atomic E-state index is 12.1. The number of aromatic nitrogens is 2. The van der Waals surface area contributed by atoms with Gasteiger partial charge in [-0.2, -0.15) is 0 Å². The summed E-state index contributed by atoms with van der Waals surface area (Å²) < 4.78 is 0. The Morgan fingerprint density at radius 2 is 1.95 bits per heavy atom. The zero-order chi connectivity index (χ0) is 15.9. The highest BCUT2D eigenvalue weighted by atomic mass is 32.1. The van der Waals surface area contributed by atoms with Crippen molar-refractivity contribution in [3.63, 3.8) is 0 Å². The lowest BCUT2D eigenvalue weighted by molar-refractivity contribution is -0.137. The van der Waals surface area contributed by atoms with Gasteiger partial charge in [0, 0.05) is 12.3 Å². The Morgan fingerprint density at radius 3 is 2.55 bits per heavy atom. The highest BCUT2D eigenvalue weighted by Crippen LogP contribution is 2.24. The topological polar surface area (TPSA) is 92.2 Å². The molecule has 0 fully saturated rings. The van der Waals surface area contributed by atoms with Crippen LogP contribution in [-0.4, -0.2) is 27.2 Å². The maximum atomic E-state index is 12.1. The molecule has 1 unspecified atom stereocenters. The van der Waals surface area contributed by atoms with E-state index >= 15 is 0 Å². The summed E-state index contributed by atoms with van der Waals surface area (Å²) >= 11 is 1.33. The van der Waals surface area contributed by atoms with E-state index < -0.39 is 5.97 Å². The highest BCUT2D eigenvalue weighted by Gasteiger charge is 2.20. The first-order valence-corrected chi connectivity index (χ1v) is 7.79. The summed E-state index contributed by atoms with van der Waals surface area (Å²) in [5.74, 6) is -1.54. The number of hydrogen-bond acceptors (Lipinski definition) is 5. The normalized spacial score (nSPS) is 11.9. The lowest BCUT2D eigenvalue weighted by Gasteiger charge is -2.14. The fourth-order valence-electron chi connectivity index (χ4n) is 2.08. The van der Waals surface area contributed by atoms with Crippen molar-refractivity contribution in [1.29, 1.82) is 0 Å². The molecule has 0 aliphatic carbocycles. The summed E-state index contributed by atoms with van der Waals surface area (Å²) in [4.78, 5) is 23.1. The van der Waals surface area contributed by atoms with Gasteiger partial charge in [0.25, 0.3) is 0 Å². The number of carboxylic acid groups (broad SMARTS) is 1. The van der Waals surface area contributed by atoms with E-state index in [0.29, 0.717) is 5.13 Å². The molecule has 2 aromatic rings. The first-order valence-electron chi connectivity index (χ1n) is 6.97. The molecule has 22 heavy (non-hydrogen) atoms. The third kappa shape index (κ3) is 4.63. The summed E-state index contributed by atoms with van der Waals surface area (Å²) in [6.45, 7) is 1.96. The fraction of sp³-hybridized carbons (Fsp3) is 0.333. The second-order valence-corrected chi connectivity index (χ2v) is 5.87. The molecule has 0 aliphatic rings. The summed E-state index contributed by atoms with van der Waals surface area (Å²) in [5.41, 5.74) is 0.839. The Kier molecular flexibility index (Phi) is 5.60. The first-order chi connectivity index (χ1) is 10.6. The van der Waals surface area contributed by atoms with E-state index in [9.17, 15) is 9.59 Å². The number of rotatable bonds is 7. The van der Waals surface area contributed by atoms with Gasteiger partial charge >= 0.3 is 5.97 Å². The third-order valence-corrected chi connectivity index (χ3v) is 4.12. The number of anilines is 1. The molecule has 0 aliphatic heterocycles. The van der Waals surface area contributed by atoms with Gasteiger partial charge in [0.05, 0.1) is 6.42 Å². The maximum Gasteiger partial charge on any atom is 0.303 e. The molecule has 1 amide bonds. The summed E-state index contributed by atoms with van der Waals surface area (Å²) in [5, 5.41) is 20.8. The molecule has 0 saturated carbocycles. The highest BCUT2D eigenvalue weighted by molar-refractivity contribution is 7.15. The summed E-state index contributed by atoms with van der Waals surface area (Å²) in [6.07, 6.45) is 0.768. The van der Waals surface area contributed by atoms with Crippen LogP contribution in [0.5, 0.6) is 0 Å². The van der Waals surface area contributed by atoms with Crippen molar-refractivity contribution in [3.05, 3.63) is 40.9 Å². The number of carboxylic acids is 1. The molecule has 1 aromatic carbocycles. The van der Waals surface area contributed by atoms with Crippen molar-refractivity contribution < 1.29 is 14.7 Å². The van der Waals surface area contributed by atoms with Crippen LogP contribution < -0.4 is 5.32 Å². The number of benzene rings is 1. The number of nitrogens with one attached hydrogen (secondary N) is 1. The lowest BCUT2D eigenvalue weighted by atomic mass is 9.92. The minimum Gasteiger partial charge on any atom is -0.481 e. The van der Waals surface area contributed by atoms with Gasteiger partial charge in [-0.1, -0.05) is 48.6 Å². The van der Waals surface area contributed by atoms with E-state index in [4.69, 9.17) is 5.11 Å². The van der Waals surface area contributed by atoms with Crippen LogP contribution in [0.3, 0.4) is 0 Å². The summed E-state index contributed by atoms with van der Waals surface area (Å²) in [7, 11) is 0. The van der Waals surface area contributed by atoms with Gasteiger partial charge in [0.1, 0.15) is 5.01 Å². The van der Waals surface area contributed by atoms with Gasteiger partial charge in [0.15, 0.2) is 0 Å². The van der Waals surface area contributed by atoms with Gasteiger partial charge in [-0.05, 0) is 12.0 Å². The number of aryl methyl sites for hydroxylation is 1. The fourth-order valence-corrected chi connectivity index (χ4v) is 2.78. The Bertz CT molecular complexity index is 642. The monoisotopic (exact) mass is 319 g/mol. The first kappa shape index (κ1) is 16.1.